The fraction of sp³-hybridized carbons (Fsp3) is 0.333. The normalized spacial score (nSPS) is 10.3. The van der Waals surface area contributed by atoms with Crippen molar-refractivity contribution in [3.63, 3.8) is 0 Å². The molecule has 0 unspecified atom stereocenters. The van der Waals surface area contributed by atoms with E-state index in [2.05, 4.69) is 15.9 Å². The second-order valence-electron chi connectivity index (χ2n) is 2.57. The largest absolute Gasteiger partial charge is 0.464 e. The van der Waals surface area contributed by atoms with Gasteiger partial charge in [-0.15, -0.1) is 0 Å². The smallest absolute Gasteiger partial charge is 0.188 e. The highest BCUT2D eigenvalue weighted by atomic mass is 79.9. The minimum atomic E-state index is 0.132. The number of ether oxygens (including phenoxy) is 2. The van der Waals surface area contributed by atoms with Gasteiger partial charge in [-0.25, -0.2) is 0 Å². The van der Waals surface area contributed by atoms with Crippen LogP contribution < -0.4 is 4.74 Å². The van der Waals surface area contributed by atoms with Crippen LogP contribution in [0.4, 0.5) is 0 Å². The molecule has 0 saturated carbocycles. The lowest BCUT2D eigenvalue weighted by Crippen LogP contribution is -2.00. The van der Waals surface area contributed by atoms with E-state index in [9.17, 15) is 0 Å². The molecule has 0 bridgehead atoms. The molecule has 78 valence electrons. The Morgan fingerprint density at radius 2 is 1.86 bits per heavy atom. The lowest BCUT2D eigenvalue weighted by molar-refractivity contribution is 0.0512. The predicted molar refractivity (Wildman–Crippen MR) is 61.6 cm³/mol. The zero-order valence-corrected chi connectivity index (χ0v) is 10.6. The third kappa shape index (κ3) is 3.02. The van der Waals surface area contributed by atoms with Crippen LogP contribution in [0.1, 0.15) is 5.56 Å². The van der Waals surface area contributed by atoms with Crippen LogP contribution in [0.5, 0.6) is 5.75 Å². The molecule has 0 heterocycles. The average molecular weight is 300 g/mol. The van der Waals surface area contributed by atoms with E-state index in [0.717, 1.165) is 5.56 Å². The summed E-state index contributed by atoms with van der Waals surface area (Å²) in [7, 11) is 1.54. The van der Waals surface area contributed by atoms with Crippen molar-refractivity contribution in [1.82, 2.24) is 0 Å². The molecule has 0 radical (unpaired) electrons. The first kappa shape index (κ1) is 12.1. The van der Waals surface area contributed by atoms with Gasteiger partial charge >= 0.3 is 0 Å². The first-order chi connectivity index (χ1) is 6.69. The summed E-state index contributed by atoms with van der Waals surface area (Å²) >= 11 is 15.2. The topological polar surface area (TPSA) is 18.5 Å². The molecular formula is C9H9BrCl2O2. The van der Waals surface area contributed by atoms with Crippen LogP contribution in [0.15, 0.2) is 12.1 Å². The van der Waals surface area contributed by atoms with Gasteiger partial charge in [-0.3, -0.25) is 0 Å². The van der Waals surface area contributed by atoms with Crippen LogP contribution in [-0.2, 0) is 10.1 Å². The predicted octanol–water partition coefficient (Wildman–Crippen LogP) is 3.87. The molecule has 0 aliphatic carbocycles. The van der Waals surface area contributed by atoms with Crippen molar-refractivity contribution < 1.29 is 9.47 Å². The van der Waals surface area contributed by atoms with Crippen LogP contribution >= 0.6 is 39.1 Å². The van der Waals surface area contributed by atoms with Gasteiger partial charge in [0.05, 0.1) is 10.0 Å². The Hall–Kier alpha value is 0.0400. The Labute approximate surface area is 101 Å². The average Bonchev–Trinajstić information content (AvgIpc) is 2.16. The first-order valence-corrected chi connectivity index (χ1v) is 5.72. The van der Waals surface area contributed by atoms with Crippen molar-refractivity contribution in [3.8, 4) is 5.75 Å². The monoisotopic (exact) mass is 298 g/mol. The molecule has 0 aromatic heterocycles. The first-order valence-electron chi connectivity index (χ1n) is 3.84. The molecule has 1 aromatic carbocycles. The SMILES string of the molecule is COCOc1c(Cl)cc(CBr)cc1Cl. The van der Waals surface area contributed by atoms with Gasteiger partial charge < -0.3 is 9.47 Å². The van der Waals surface area contributed by atoms with E-state index in [4.69, 9.17) is 32.7 Å². The summed E-state index contributed by atoms with van der Waals surface area (Å²) in [6.07, 6.45) is 0. The molecule has 0 atom stereocenters. The minimum absolute atomic E-state index is 0.132. The van der Waals surface area contributed by atoms with Crippen LogP contribution in [0, 0.1) is 0 Å². The molecule has 0 aliphatic rings. The lowest BCUT2D eigenvalue weighted by Gasteiger charge is -2.09. The van der Waals surface area contributed by atoms with Gasteiger partial charge in [0.1, 0.15) is 0 Å². The summed E-state index contributed by atoms with van der Waals surface area (Å²) in [4.78, 5) is 0. The number of hydrogen-bond donors (Lipinski definition) is 0. The highest BCUT2D eigenvalue weighted by Crippen LogP contribution is 2.34. The van der Waals surface area contributed by atoms with Gasteiger partial charge in [0.2, 0.25) is 0 Å². The zero-order valence-electron chi connectivity index (χ0n) is 7.52. The number of halogens is 3. The number of alkyl halides is 1. The van der Waals surface area contributed by atoms with E-state index in [1.165, 1.54) is 7.11 Å². The van der Waals surface area contributed by atoms with Crippen LogP contribution in [-0.4, -0.2) is 13.9 Å². The van der Waals surface area contributed by atoms with Crippen LogP contribution in [0.3, 0.4) is 0 Å². The molecule has 1 aromatic rings. The van der Waals surface area contributed by atoms with E-state index >= 15 is 0 Å². The van der Waals surface area contributed by atoms with Crippen LogP contribution in [0.2, 0.25) is 10.0 Å². The molecule has 0 amide bonds. The third-order valence-corrected chi connectivity index (χ3v) is 2.74. The van der Waals surface area contributed by atoms with E-state index in [1.54, 1.807) is 12.1 Å². The third-order valence-electron chi connectivity index (χ3n) is 1.53. The second kappa shape index (κ2) is 5.81. The minimum Gasteiger partial charge on any atom is -0.464 e. The molecule has 0 N–H and O–H groups in total. The maximum absolute atomic E-state index is 5.96. The van der Waals surface area contributed by atoms with Gasteiger partial charge in [-0.05, 0) is 17.7 Å². The maximum Gasteiger partial charge on any atom is 0.188 e. The number of hydrogen-bond acceptors (Lipinski definition) is 2. The lowest BCUT2D eigenvalue weighted by atomic mass is 10.2. The molecule has 0 spiro atoms. The van der Waals surface area contributed by atoms with Crippen molar-refractivity contribution in [2.24, 2.45) is 0 Å². The summed E-state index contributed by atoms with van der Waals surface area (Å²) < 4.78 is 9.98. The molecule has 14 heavy (non-hydrogen) atoms. The summed E-state index contributed by atoms with van der Waals surface area (Å²) in [5, 5.41) is 1.68. The molecule has 0 saturated heterocycles. The van der Waals surface area contributed by atoms with Crippen molar-refractivity contribution >= 4 is 39.1 Å². The van der Waals surface area contributed by atoms with E-state index in [1.807, 2.05) is 0 Å². The van der Waals surface area contributed by atoms with Gasteiger partial charge in [0.15, 0.2) is 12.5 Å². The molecule has 5 heteroatoms. The number of benzene rings is 1. The Kier molecular flexibility index (Phi) is 5.02. The Balaban J connectivity index is 2.93. The Bertz CT molecular complexity index is 295. The van der Waals surface area contributed by atoms with Crippen molar-refractivity contribution in [3.05, 3.63) is 27.7 Å². The van der Waals surface area contributed by atoms with E-state index in [0.29, 0.717) is 21.1 Å². The molecule has 2 nitrogen and oxygen atoms in total. The maximum atomic E-state index is 5.96. The molecule has 0 aliphatic heterocycles. The highest BCUT2D eigenvalue weighted by Gasteiger charge is 2.08. The fourth-order valence-corrected chi connectivity index (χ4v) is 1.91. The molecule has 1 rings (SSSR count). The summed E-state index contributed by atoms with van der Waals surface area (Å²) in [5.74, 6) is 0.458. The Morgan fingerprint density at radius 3 is 2.29 bits per heavy atom. The summed E-state index contributed by atoms with van der Waals surface area (Å²) in [6.45, 7) is 0.132. The standard InChI is InChI=1S/C9H9BrCl2O2/c1-13-5-14-9-7(11)2-6(4-10)3-8(9)12/h2-3H,4-5H2,1H3. The zero-order chi connectivity index (χ0) is 10.6. The highest BCUT2D eigenvalue weighted by molar-refractivity contribution is 9.08. The summed E-state index contributed by atoms with van der Waals surface area (Å²) in [5.41, 5.74) is 1.00. The Morgan fingerprint density at radius 1 is 1.29 bits per heavy atom. The van der Waals surface area contributed by atoms with Crippen LogP contribution in [0.25, 0.3) is 0 Å². The fourth-order valence-electron chi connectivity index (χ4n) is 0.945. The molecule has 0 fully saturated rings. The van der Waals surface area contributed by atoms with Gasteiger partial charge in [0.25, 0.3) is 0 Å². The van der Waals surface area contributed by atoms with E-state index in [-0.39, 0.29) is 6.79 Å². The van der Waals surface area contributed by atoms with Gasteiger partial charge in [0, 0.05) is 12.4 Å². The van der Waals surface area contributed by atoms with Crippen molar-refractivity contribution in [2.45, 2.75) is 5.33 Å². The van der Waals surface area contributed by atoms with Gasteiger partial charge in [-0.2, -0.15) is 0 Å². The quantitative estimate of drug-likeness (QED) is 0.621. The van der Waals surface area contributed by atoms with Crippen molar-refractivity contribution in [2.75, 3.05) is 13.9 Å². The van der Waals surface area contributed by atoms with Crippen molar-refractivity contribution in [1.29, 1.82) is 0 Å². The second-order valence-corrected chi connectivity index (χ2v) is 3.95. The number of methoxy groups -OCH3 is 1. The number of rotatable bonds is 4. The van der Waals surface area contributed by atoms with E-state index < -0.39 is 0 Å². The molecular weight excluding hydrogens is 291 g/mol. The van der Waals surface area contributed by atoms with Gasteiger partial charge in [-0.1, -0.05) is 39.1 Å². The summed E-state index contributed by atoms with van der Waals surface area (Å²) in [6, 6.07) is 3.60.